The van der Waals surface area contributed by atoms with Crippen molar-refractivity contribution in [1.29, 1.82) is 5.53 Å². The predicted octanol–water partition coefficient (Wildman–Crippen LogP) is 0.998. The minimum Gasteiger partial charge on any atom is -0.496 e. The van der Waals surface area contributed by atoms with E-state index in [2.05, 4.69) is 11.0 Å². The number of rotatable bonds is 4. The number of hydrogen-bond donors (Lipinski definition) is 4. The molecule has 10 heteroatoms. The highest BCUT2D eigenvalue weighted by Crippen LogP contribution is 2.18. The molecule has 1 amide bonds. The molecule has 1 rings (SSSR count). The van der Waals surface area contributed by atoms with Crippen LogP contribution in [0.3, 0.4) is 0 Å². The second kappa shape index (κ2) is 13.4. The minimum atomic E-state index is -1.50. The number of ether oxygens (including phenoxy) is 1. The van der Waals surface area contributed by atoms with E-state index in [1.54, 1.807) is 19.3 Å². The molecule has 116 valence electrons. The first-order valence-corrected chi connectivity index (χ1v) is 5.39. The van der Waals surface area contributed by atoms with Crippen molar-refractivity contribution in [2.24, 2.45) is 11.0 Å². The van der Waals surface area contributed by atoms with Gasteiger partial charge in [0, 0.05) is 11.6 Å². The quantitative estimate of drug-likeness (QED) is 0.280. The highest BCUT2D eigenvalue weighted by atomic mass is 16.9. The highest BCUT2D eigenvalue weighted by molar-refractivity contribution is 5.91. The van der Waals surface area contributed by atoms with E-state index in [4.69, 9.17) is 25.6 Å². The van der Waals surface area contributed by atoms with E-state index in [1.807, 2.05) is 23.6 Å². The molecule has 5 N–H and O–H groups in total. The first-order valence-electron chi connectivity index (χ1n) is 5.39. The highest BCUT2D eigenvalue weighted by Gasteiger charge is 1.98. The molecular weight excluding hydrogens is 282 g/mol. The maximum absolute atomic E-state index is 11.0. The number of nitrogens with zero attached hydrogens (tertiary/aromatic N) is 2. The zero-order chi connectivity index (χ0) is 16.7. The van der Waals surface area contributed by atoms with E-state index >= 15 is 0 Å². The van der Waals surface area contributed by atoms with Crippen LogP contribution in [0.2, 0.25) is 0 Å². The zero-order valence-corrected chi connectivity index (χ0v) is 11.5. The van der Waals surface area contributed by atoms with E-state index in [0.29, 0.717) is 5.75 Å². The van der Waals surface area contributed by atoms with Gasteiger partial charge in [-0.2, -0.15) is 5.53 Å². The van der Waals surface area contributed by atoms with Crippen molar-refractivity contribution in [1.82, 2.24) is 5.43 Å². The third kappa shape index (κ3) is 11.8. The van der Waals surface area contributed by atoms with Gasteiger partial charge in [0.15, 0.2) is 0 Å². The Hall–Kier alpha value is -3.01. The number of carbonyl (C=O) groups excluding carboxylic acids is 1. The summed E-state index contributed by atoms with van der Waals surface area (Å²) >= 11 is 0. The summed E-state index contributed by atoms with van der Waals surface area (Å²) in [5.74, 6) is 0.236. The molecule has 1 aromatic carbocycles. The van der Waals surface area contributed by atoms with Crippen LogP contribution in [0.1, 0.15) is 5.56 Å². The number of nitrogens with one attached hydrogen (secondary N) is 2. The molecule has 0 saturated heterocycles. The molecule has 0 aliphatic carbocycles. The molecule has 21 heavy (non-hydrogen) atoms. The molecule has 0 fully saturated rings. The number of carbonyl (C=O) groups is 1. The van der Waals surface area contributed by atoms with Crippen LogP contribution in [-0.4, -0.2) is 30.4 Å². The van der Waals surface area contributed by atoms with Gasteiger partial charge in [0.25, 0.3) is 11.0 Å². The van der Waals surface area contributed by atoms with Gasteiger partial charge in [-0.3, -0.25) is 4.79 Å². The van der Waals surface area contributed by atoms with Crippen molar-refractivity contribution in [3.63, 3.8) is 0 Å². The summed E-state index contributed by atoms with van der Waals surface area (Å²) in [6.07, 6.45) is 2.88. The molecule has 0 aromatic heterocycles. The van der Waals surface area contributed by atoms with Crippen LogP contribution in [0.15, 0.2) is 35.6 Å². The van der Waals surface area contributed by atoms with Gasteiger partial charge in [0.05, 0.1) is 7.11 Å². The van der Waals surface area contributed by atoms with E-state index in [-0.39, 0.29) is 0 Å². The van der Waals surface area contributed by atoms with Gasteiger partial charge in [0.2, 0.25) is 0 Å². The van der Waals surface area contributed by atoms with Crippen LogP contribution in [0, 0.1) is 15.6 Å². The largest absolute Gasteiger partial charge is 0.496 e. The number of para-hydroxylation sites is 1. The SMILES string of the molecule is CN.COc1ccccc1/C=C/C(=O)NN=N.O=[N+]([O-])O. The van der Waals surface area contributed by atoms with Crippen molar-refractivity contribution >= 4 is 12.0 Å². The maximum atomic E-state index is 11.0. The average Bonchev–Trinajstić information content (AvgIpc) is 2.47. The van der Waals surface area contributed by atoms with Crippen LogP contribution in [0.4, 0.5) is 0 Å². The fourth-order valence-corrected chi connectivity index (χ4v) is 1.06. The van der Waals surface area contributed by atoms with Crippen LogP contribution in [0.25, 0.3) is 6.08 Å². The van der Waals surface area contributed by atoms with Gasteiger partial charge in [-0.15, -0.1) is 10.1 Å². The van der Waals surface area contributed by atoms with Gasteiger partial charge in [-0.1, -0.05) is 23.4 Å². The fraction of sp³-hybridized carbons (Fsp3) is 0.182. The molecule has 0 spiro atoms. The number of methoxy groups -OCH3 is 1. The van der Waals surface area contributed by atoms with E-state index in [9.17, 15) is 4.79 Å². The monoisotopic (exact) mass is 299 g/mol. The molecule has 1 aromatic rings. The van der Waals surface area contributed by atoms with Gasteiger partial charge < -0.3 is 15.7 Å². The smallest absolute Gasteiger partial charge is 0.291 e. The molecule has 0 aliphatic rings. The lowest BCUT2D eigenvalue weighted by Crippen LogP contribution is -2.12. The summed E-state index contributed by atoms with van der Waals surface area (Å²) in [5, 5.41) is 16.4. The Morgan fingerprint density at radius 3 is 2.52 bits per heavy atom. The first kappa shape index (κ1) is 20.3. The minimum absolute atomic E-state index is 0.448. The third-order valence-corrected chi connectivity index (χ3v) is 1.72. The first-order chi connectivity index (χ1) is 10.0. The molecule has 0 unspecified atom stereocenters. The van der Waals surface area contributed by atoms with Gasteiger partial charge in [-0.05, 0) is 19.2 Å². The fourth-order valence-electron chi connectivity index (χ4n) is 1.06. The van der Waals surface area contributed by atoms with Crippen LogP contribution >= 0.6 is 0 Å². The average molecular weight is 299 g/mol. The van der Waals surface area contributed by atoms with Crippen LogP contribution in [0.5, 0.6) is 5.75 Å². The lowest BCUT2D eigenvalue weighted by molar-refractivity contribution is -0.742. The Labute approximate surface area is 120 Å². The lowest BCUT2D eigenvalue weighted by atomic mass is 10.2. The Morgan fingerprint density at radius 1 is 1.52 bits per heavy atom. The number of hydrogen-bond acceptors (Lipinski definition) is 7. The second-order valence-electron chi connectivity index (χ2n) is 2.90. The molecule has 0 heterocycles. The van der Waals surface area contributed by atoms with Crippen molar-refractivity contribution in [3.05, 3.63) is 46.0 Å². The van der Waals surface area contributed by atoms with Crippen molar-refractivity contribution < 1.29 is 19.8 Å². The van der Waals surface area contributed by atoms with E-state index in [1.165, 1.54) is 13.1 Å². The summed E-state index contributed by atoms with van der Waals surface area (Å²) in [6, 6.07) is 7.30. The summed E-state index contributed by atoms with van der Waals surface area (Å²) in [6.45, 7) is 0. The molecule has 0 aliphatic heterocycles. The lowest BCUT2D eigenvalue weighted by Gasteiger charge is -2.02. The Bertz CT molecular complexity index is 474. The summed E-state index contributed by atoms with van der Waals surface area (Å²) in [5.41, 5.74) is 13.7. The Balaban J connectivity index is 0. The molecule has 10 nitrogen and oxygen atoms in total. The summed E-state index contributed by atoms with van der Waals surface area (Å²) < 4.78 is 5.09. The van der Waals surface area contributed by atoms with Crippen molar-refractivity contribution in [3.8, 4) is 5.75 Å². The summed E-state index contributed by atoms with van der Waals surface area (Å²) in [7, 11) is 3.06. The normalized spacial score (nSPS) is 8.52. The van der Waals surface area contributed by atoms with Crippen molar-refractivity contribution in [2.45, 2.75) is 0 Å². The number of nitrogens with two attached hydrogens (primary N) is 1. The standard InChI is InChI=1S/C10H11N3O2.CH5N.HNO3/c1-15-9-5-3-2-4-8(9)6-7-10(14)12-13-11;1-2;2-1(3)4/h2-7H,1H3,(H2,11,12,14);2H2,1H3;(H,2,3,4)/b7-6+;;. The maximum Gasteiger partial charge on any atom is 0.291 e. The van der Waals surface area contributed by atoms with Gasteiger partial charge in [-0.25, -0.2) is 5.43 Å². The number of amides is 1. The molecule has 0 radical (unpaired) electrons. The summed E-state index contributed by atoms with van der Waals surface area (Å²) in [4.78, 5) is 19.3. The topological polar surface area (TPSA) is 164 Å². The third-order valence-electron chi connectivity index (χ3n) is 1.72. The van der Waals surface area contributed by atoms with Crippen LogP contribution < -0.4 is 15.9 Å². The predicted molar refractivity (Wildman–Crippen MR) is 74.2 cm³/mol. The van der Waals surface area contributed by atoms with E-state index < -0.39 is 11.0 Å². The molecule has 0 bridgehead atoms. The van der Waals surface area contributed by atoms with Crippen LogP contribution in [-0.2, 0) is 4.79 Å². The van der Waals surface area contributed by atoms with Gasteiger partial charge in [0.1, 0.15) is 5.75 Å². The van der Waals surface area contributed by atoms with Gasteiger partial charge >= 0.3 is 0 Å². The Kier molecular flexibility index (Phi) is 13.0. The molecular formula is C11H17N5O5. The van der Waals surface area contributed by atoms with Crippen molar-refractivity contribution in [2.75, 3.05) is 14.2 Å². The molecule has 0 saturated carbocycles. The second-order valence-corrected chi connectivity index (χ2v) is 2.90. The molecule has 0 atom stereocenters. The zero-order valence-electron chi connectivity index (χ0n) is 11.5. The van der Waals surface area contributed by atoms with E-state index in [0.717, 1.165) is 5.56 Å². The number of benzene rings is 1. The Morgan fingerprint density at radius 2 is 2.05 bits per heavy atom.